The summed E-state index contributed by atoms with van der Waals surface area (Å²) in [6.45, 7) is 13.6. The van der Waals surface area contributed by atoms with Crippen LogP contribution in [0.25, 0.3) is 0 Å². The first-order valence-electron chi connectivity index (χ1n) is 15.6. The third-order valence-corrected chi connectivity index (χ3v) is 7.74. The Balaban J connectivity index is 3.05. The second-order valence-electron chi connectivity index (χ2n) is 10.8. The van der Waals surface area contributed by atoms with E-state index in [4.69, 9.17) is 18.9 Å². The zero-order chi connectivity index (χ0) is 31.3. The van der Waals surface area contributed by atoms with Crippen molar-refractivity contribution in [3.05, 3.63) is 45.8 Å². The van der Waals surface area contributed by atoms with E-state index >= 15 is 0 Å². The standard InChI is InChI=1S/C33H52N2O7/c1-9-22(6)34-26-18-14-16-24(20-26)28(30(36)40-11-3)33(39-8,32(38)42-13-5)29(31(37)41-12-4)25-17-15-19-27(21-25)35-23(7)10-2/h20-23,34-35H,9-19H2,1-8H3/b28-24+,29-25+. The lowest BCUT2D eigenvalue weighted by atomic mass is 9.76. The van der Waals surface area contributed by atoms with E-state index in [9.17, 15) is 14.4 Å². The van der Waals surface area contributed by atoms with Crippen molar-refractivity contribution in [1.29, 1.82) is 0 Å². The first kappa shape index (κ1) is 35.1. The van der Waals surface area contributed by atoms with Crippen LogP contribution in [0.2, 0.25) is 0 Å². The highest BCUT2D eigenvalue weighted by Crippen LogP contribution is 2.42. The Bertz CT molecular complexity index is 1010. The highest BCUT2D eigenvalue weighted by molar-refractivity contribution is 6.11. The molecular weight excluding hydrogens is 536 g/mol. The number of ether oxygens (including phenoxy) is 4. The molecule has 0 bridgehead atoms. The summed E-state index contributed by atoms with van der Waals surface area (Å²) in [5.74, 6) is -2.32. The normalized spacial score (nSPS) is 20.6. The van der Waals surface area contributed by atoms with Crippen molar-refractivity contribution in [3.63, 3.8) is 0 Å². The molecule has 0 saturated carbocycles. The van der Waals surface area contributed by atoms with Crippen LogP contribution in [0.4, 0.5) is 0 Å². The van der Waals surface area contributed by atoms with Crippen molar-refractivity contribution >= 4 is 17.9 Å². The summed E-state index contributed by atoms with van der Waals surface area (Å²) in [6.07, 6.45) is 9.69. The largest absolute Gasteiger partial charge is 0.463 e. The molecule has 9 heteroatoms. The van der Waals surface area contributed by atoms with E-state index in [2.05, 4.69) is 38.3 Å². The molecule has 0 amide bonds. The molecular formula is C33H52N2O7. The maximum Gasteiger partial charge on any atom is 0.348 e. The fraction of sp³-hybridized carbons (Fsp3) is 0.667. The maximum absolute atomic E-state index is 14.2. The molecule has 0 aromatic carbocycles. The lowest BCUT2D eigenvalue weighted by Gasteiger charge is -2.36. The van der Waals surface area contributed by atoms with E-state index in [1.54, 1.807) is 20.8 Å². The van der Waals surface area contributed by atoms with Gasteiger partial charge in [-0.1, -0.05) is 13.8 Å². The van der Waals surface area contributed by atoms with E-state index < -0.39 is 23.5 Å². The number of rotatable bonds is 15. The molecule has 236 valence electrons. The second-order valence-corrected chi connectivity index (χ2v) is 10.8. The second kappa shape index (κ2) is 17.1. The Morgan fingerprint density at radius 2 is 1.12 bits per heavy atom. The number of esters is 3. The van der Waals surface area contributed by atoms with Gasteiger partial charge in [0.05, 0.1) is 31.0 Å². The summed E-state index contributed by atoms with van der Waals surface area (Å²) < 4.78 is 22.8. The summed E-state index contributed by atoms with van der Waals surface area (Å²) in [4.78, 5) is 42.1. The van der Waals surface area contributed by atoms with Gasteiger partial charge in [0.15, 0.2) is 0 Å². The van der Waals surface area contributed by atoms with Gasteiger partial charge >= 0.3 is 17.9 Å². The maximum atomic E-state index is 14.2. The number of hydrogen-bond acceptors (Lipinski definition) is 9. The highest BCUT2D eigenvalue weighted by atomic mass is 16.6. The van der Waals surface area contributed by atoms with E-state index in [1.165, 1.54) is 7.11 Å². The molecule has 0 heterocycles. The van der Waals surface area contributed by atoms with Crippen molar-refractivity contribution in [2.75, 3.05) is 26.9 Å². The van der Waals surface area contributed by atoms with Crippen molar-refractivity contribution in [3.8, 4) is 0 Å². The molecule has 0 radical (unpaired) electrons. The van der Waals surface area contributed by atoms with E-state index in [-0.39, 0.29) is 43.1 Å². The third-order valence-electron chi connectivity index (χ3n) is 7.74. The van der Waals surface area contributed by atoms with Crippen LogP contribution in [0.15, 0.2) is 45.8 Å². The predicted molar refractivity (Wildman–Crippen MR) is 163 cm³/mol. The number of allylic oxidation sites excluding steroid dienone is 6. The number of nitrogens with one attached hydrogen (secondary N) is 2. The quantitative estimate of drug-likeness (QED) is 0.144. The summed E-state index contributed by atoms with van der Waals surface area (Å²) in [7, 11) is 1.33. The van der Waals surface area contributed by atoms with Crippen LogP contribution >= 0.6 is 0 Å². The fourth-order valence-electron chi connectivity index (χ4n) is 5.36. The van der Waals surface area contributed by atoms with Gasteiger partial charge in [-0.15, -0.1) is 0 Å². The average molecular weight is 589 g/mol. The molecule has 0 fully saturated rings. The lowest BCUT2D eigenvalue weighted by Crippen LogP contribution is -2.52. The zero-order valence-electron chi connectivity index (χ0n) is 26.9. The molecule has 2 rings (SSSR count). The molecule has 9 nitrogen and oxygen atoms in total. The Morgan fingerprint density at radius 1 is 0.714 bits per heavy atom. The monoisotopic (exact) mass is 588 g/mol. The molecule has 0 aromatic heterocycles. The predicted octanol–water partition coefficient (Wildman–Crippen LogP) is 5.57. The number of carbonyl (C=O) groups excluding carboxylic acids is 3. The minimum Gasteiger partial charge on any atom is -0.463 e. The molecule has 0 saturated heterocycles. The number of hydrogen-bond donors (Lipinski definition) is 2. The number of methoxy groups -OCH3 is 1. The van der Waals surface area contributed by atoms with Crippen LogP contribution in [0, 0.1) is 0 Å². The van der Waals surface area contributed by atoms with Crippen molar-refractivity contribution in [2.24, 2.45) is 0 Å². The molecule has 2 unspecified atom stereocenters. The van der Waals surface area contributed by atoms with Crippen LogP contribution in [-0.4, -0.2) is 62.5 Å². The summed E-state index contributed by atoms with van der Waals surface area (Å²) >= 11 is 0. The van der Waals surface area contributed by atoms with E-state index in [0.717, 1.165) is 49.9 Å². The molecule has 0 spiro atoms. The van der Waals surface area contributed by atoms with Crippen molar-refractivity contribution < 1.29 is 33.3 Å². The Hall–Kier alpha value is -3.07. The van der Waals surface area contributed by atoms with Gasteiger partial charge in [0, 0.05) is 30.6 Å². The van der Waals surface area contributed by atoms with Gasteiger partial charge in [-0.05, 0) is 109 Å². The smallest absolute Gasteiger partial charge is 0.348 e. The van der Waals surface area contributed by atoms with E-state index in [0.29, 0.717) is 24.0 Å². The zero-order valence-corrected chi connectivity index (χ0v) is 26.9. The van der Waals surface area contributed by atoms with Crippen LogP contribution in [0.5, 0.6) is 0 Å². The Kier molecular flexibility index (Phi) is 14.3. The van der Waals surface area contributed by atoms with Gasteiger partial charge in [0.25, 0.3) is 0 Å². The Labute approximate surface area is 252 Å². The molecule has 0 aliphatic heterocycles. The molecule has 42 heavy (non-hydrogen) atoms. The molecule has 2 aliphatic rings. The molecule has 2 N–H and O–H groups in total. The first-order valence-corrected chi connectivity index (χ1v) is 15.6. The molecule has 2 atom stereocenters. The molecule has 2 aliphatic carbocycles. The van der Waals surface area contributed by atoms with Gasteiger partial charge in [0.2, 0.25) is 5.60 Å². The van der Waals surface area contributed by atoms with Crippen molar-refractivity contribution in [1.82, 2.24) is 10.6 Å². The minimum absolute atomic E-state index is 0.0220. The minimum atomic E-state index is -2.20. The molecule has 0 aromatic rings. The van der Waals surface area contributed by atoms with Gasteiger partial charge in [0.1, 0.15) is 0 Å². The van der Waals surface area contributed by atoms with Gasteiger partial charge in [-0.25, -0.2) is 14.4 Å². The van der Waals surface area contributed by atoms with Crippen LogP contribution in [0.1, 0.15) is 99.8 Å². The summed E-state index contributed by atoms with van der Waals surface area (Å²) in [5.41, 5.74) is 0.748. The average Bonchev–Trinajstić information content (AvgIpc) is 2.97. The van der Waals surface area contributed by atoms with Gasteiger partial charge in [-0.3, -0.25) is 0 Å². The van der Waals surface area contributed by atoms with Gasteiger partial charge in [-0.2, -0.15) is 0 Å². The highest BCUT2D eigenvalue weighted by Gasteiger charge is 2.56. The van der Waals surface area contributed by atoms with Crippen LogP contribution in [-0.2, 0) is 33.3 Å². The SMILES string of the molecule is CCOC(=O)/C(=C1\C=C(NC(C)CC)CCC1)C(OC)(C(=O)OCC)/C(C(=O)OCC)=C1/C=C(NC(C)CC)CCC1. The Morgan fingerprint density at radius 3 is 1.45 bits per heavy atom. The summed E-state index contributed by atoms with van der Waals surface area (Å²) in [5, 5.41) is 7.02. The van der Waals surface area contributed by atoms with Crippen LogP contribution < -0.4 is 10.6 Å². The lowest BCUT2D eigenvalue weighted by molar-refractivity contribution is -0.166. The summed E-state index contributed by atoms with van der Waals surface area (Å²) in [6, 6.07) is 0.444. The van der Waals surface area contributed by atoms with Crippen LogP contribution in [0.3, 0.4) is 0 Å². The fourth-order valence-corrected chi connectivity index (χ4v) is 5.36. The third kappa shape index (κ3) is 8.49. The number of carbonyl (C=O) groups is 3. The first-order chi connectivity index (χ1) is 20.1. The topological polar surface area (TPSA) is 112 Å². The van der Waals surface area contributed by atoms with Gasteiger partial charge < -0.3 is 29.6 Å². The van der Waals surface area contributed by atoms with Crippen molar-refractivity contribution in [2.45, 2.75) is 118 Å². The van der Waals surface area contributed by atoms with E-state index in [1.807, 2.05) is 12.2 Å².